The Morgan fingerprint density at radius 3 is 2.05 bits per heavy atom. The molecule has 2 nitrogen and oxygen atoms in total. The topological polar surface area (TPSA) is 38.0 Å². The van der Waals surface area contributed by atoms with Gasteiger partial charge in [-0.3, -0.25) is 11.3 Å². The van der Waals surface area contributed by atoms with Gasteiger partial charge in [-0.1, -0.05) is 58.3 Å². The Bertz CT molecular complexity index is 249. The molecule has 0 radical (unpaired) electrons. The van der Waals surface area contributed by atoms with Crippen LogP contribution in [0.25, 0.3) is 0 Å². The number of alkyl halides is 2. The lowest BCUT2D eigenvalue weighted by Gasteiger charge is -2.33. The monoisotopic (exact) mass is 304 g/mol. The van der Waals surface area contributed by atoms with Gasteiger partial charge in [0.15, 0.2) is 0 Å². The van der Waals surface area contributed by atoms with Crippen molar-refractivity contribution < 1.29 is 8.78 Å². The van der Waals surface area contributed by atoms with Gasteiger partial charge in [0.05, 0.1) is 0 Å². The van der Waals surface area contributed by atoms with Crippen LogP contribution in [0.2, 0.25) is 0 Å². The van der Waals surface area contributed by atoms with Gasteiger partial charge >= 0.3 is 0 Å². The highest BCUT2D eigenvalue weighted by Crippen LogP contribution is 2.38. The Hall–Kier alpha value is -0.220. The first kappa shape index (κ1) is 18.8. The van der Waals surface area contributed by atoms with Gasteiger partial charge in [-0.05, 0) is 25.2 Å². The minimum absolute atomic E-state index is 0.0350. The molecule has 0 bridgehead atoms. The summed E-state index contributed by atoms with van der Waals surface area (Å²) in [6, 6.07) is 0.223. The van der Waals surface area contributed by atoms with Gasteiger partial charge in [0.1, 0.15) is 0 Å². The predicted molar refractivity (Wildman–Crippen MR) is 85.2 cm³/mol. The Labute approximate surface area is 129 Å². The molecule has 0 aliphatic heterocycles. The van der Waals surface area contributed by atoms with Gasteiger partial charge in [0.25, 0.3) is 0 Å². The van der Waals surface area contributed by atoms with E-state index in [9.17, 15) is 8.78 Å². The van der Waals surface area contributed by atoms with E-state index in [4.69, 9.17) is 5.84 Å². The molecule has 3 N–H and O–H groups in total. The Balaban J connectivity index is 2.06. The lowest BCUT2D eigenvalue weighted by molar-refractivity contribution is -0.0499. The third kappa shape index (κ3) is 8.10. The van der Waals surface area contributed by atoms with E-state index in [2.05, 4.69) is 12.3 Å². The van der Waals surface area contributed by atoms with Gasteiger partial charge in [0, 0.05) is 18.9 Å². The molecular formula is C17H34F2N2. The van der Waals surface area contributed by atoms with Crippen molar-refractivity contribution in [3.05, 3.63) is 0 Å². The quantitative estimate of drug-likeness (QED) is 0.314. The highest BCUT2D eigenvalue weighted by atomic mass is 19.3. The van der Waals surface area contributed by atoms with Crippen molar-refractivity contribution in [2.24, 2.45) is 11.8 Å². The fourth-order valence-electron chi connectivity index (χ4n) is 3.42. The molecule has 126 valence electrons. The zero-order chi connectivity index (χ0) is 15.6. The van der Waals surface area contributed by atoms with E-state index in [0.717, 1.165) is 12.8 Å². The zero-order valence-electron chi connectivity index (χ0n) is 13.7. The molecule has 1 saturated carbocycles. The SMILES string of the molecule is CCCCCCCCCCC(NN)C1CCC(F)(F)CC1. The molecule has 0 saturated heterocycles. The average molecular weight is 304 g/mol. The highest BCUT2D eigenvalue weighted by molar-refractivity contribution is 4.83. The fourth-order valence-corrected chi connectivity index (χ4v) is 3.42. The molecule has 1 atom stereocenters. The lowest BCUT2D eigenvalue weighted by atomic mass is 9.80. The molecule has 1 aliphatic rings. The van der Waals surface area contributed by atoms with Crippen LogP contribution in [0, 0.1) is 5.92 Å². The van der Waals surface area contributed by atoms with Gasteiger partial charge < -0.3 is 0 Å². The lowest BCUT2D eigenvalue weighted by Crippen LogP contribution is -2.43. The number of hydrogen-bond acceptors (Lipinski definition) is 2. The van der Waals surface area contributed by atoms with Crippen LogP contribution in [0.1, 0.15) is 90.4 Å². The third-order valence-electron chi connectivity index (χ3n) is 4.91. The zero-order valence-corrected chi connectivity index (χ0v) is 13.7. The molecule has 0 aromatic rings. The van der Waals surface area contributed by atoms with Crippen LogP contribution in [-0.4, -0.2) is 12.0 Å². The molecular weight excluding hydrogens is 270 g/mol. The Kier molecular flexibility index (Phi) is 9.41. The summed E-state index contributed by atoms with van der Waals surface area (Å²) in [4.78, 5) is 0. The molecule has 0 spiro atoms. The first-order valence-electron chi connectivity index (χ1n) is 8.93. The van der Waals surface area contributed by atoms with E-state index in [1.54, 1.807) is 0 Å². The van der Waals surface area contributed by atoms with Crippen molar-refractivity contribution in [2.45, 2.75) is 102 Å². The van der Waals surface area contributed by atoms with Crippen molar-refractivity contribution in [3.63, 3.8) is 0 Å². The minimum atomic E-state index is -2.44. The second-order valence-corrected chi connectivity index (χ2v) is 6.73. The summed E-state index contributed by atoms with van der Waals surface area (Å²) < 4.78 is 26.3. The smallest absolute Gasteiger partial charge is 0.248 e. The summed E-state index contributed by atoms with van der Waals surface area (Å²) in [6.45, 7) is 2.24. The van der Waals surface area contributed by atoms with Gasteiger partial charge in [0.2, 0.25) is 5.92 Å². The number of hydrogen-bond donors (Lipinski definition) is 2. The number of rotatable bonds is 11. The summed E-state index contributed by atoms with van der Waals surface area (Å²) in [5.41, 5.74) is 2.87. The van der Waals surface area contributed by atoms with Crippen LogP contribution >= 0.6 is 0 Å². The van der Waals surface area contributed by atoms with E-state index >= 15 is 0 Å². The van der Waals surface area contributed by atoms with Crippen LogP contribution in [0.3, 0.4) is 0 Å². The maximum atomic E-state index is 13.2. The van der Waals surface area contributed by atoms with E-state index < -0.39 is 5.92 Å². The molecule has 0 aromatic heterocycles. The minimum Gasteiger partial charge on any atom is -0.271 e. The second-order valence-electron chi connectivity index (χ2n) is 6.73. The molecule has 0 heterocycles. The molecule has 0 amide bonds. The largest absolute Gasteiger partial charge is 0.271 e. The maximum absolute atomic E-state index is 13.2. The number of nitrogens with one attached hydrogen (secondary N) is 1. The van der Waals surface area contributed by atoms with Gasteiger partial charge in [-0.25, -0.2) is 8.78 Å². The first-order valence-corrected chi connectivity index (χ1v) is 8.93. The molecule has 1 unspecified atom stereocenters. The molecule has 1 fully saturated rings. The molecule has 0 aromatic carbocycles. The number of nitrogens with two attached hydrogens (primary N) is 1. The van der Waals surface area contributed by atoms with Crippen LogP contribution in [0.15, 0.2) is 0 Å². The van der Waals surface area contributed by atoms with E-state index in [-0.39, 0.29) is 18.9 Å². The van der Waals surface area contributed by atoms with Crippen LogP contribution < -0.4 is 11.3 Å². The molecule has 4 heteroatoms. The summed E-state index contributed by atoms with van der Waals surface area (Å²) >= 11 is 0. The maximum Gasteiger partial charge on any atom is 0.248 e. The molecule has 1 rings (SSSR count). The van der Waals surface area contributed by atoms with Crippen molar-refractivity contribution in [2.75, 3.05) is 0 Å². The Morgan fingerprint density at radius 2 is 1.52 bits per heavy atom. The first-order chi connectivity index (χ1) is 10.1. The van der Waals surface area contributed by atoms with E-state index in [1.807, 2.05) is 0 Å². The van der Waals surface area contributed by atoms with Gasteiger partial charge in [-0.15, -0.1) is 0 Å². The normalized spacial score (nSPS) is 20.6. The van der Waals surface area contributed by atoms with E-state index in [1.165, 1.54) is 44.9 Å². The van der Waals surface area contributed by atoms with E-state index in [0.29, 0.717) is 18.8 Å². The summed E-state index contributed by atoms with van der Waals surface area (Å²) in [5.74, 6) is 3.53. The van der Waals surface area contributed by atoms with Crippen molar-refractivity contribution >= 4 is 0 Å². The number of halogens is 2. The third-order valence-corrected chi connectivity index (χ3v) is 4.91. The van der Waals surface area contributed by atoms with Crippen molar-refractivity contribution in [1.29, 1.82) is 0 Å². The fraction of sp³-hybridized carbons (Fsp3) is 1.00. The molecule has 1 aliphatic carbocycles. The standard InChI is InChI=1S/C17H34F2N2/c1-2-3-4-5-6-7-8-9-10-16(21-20)15-11-13-17(18,19)14-12-15/h15-16,21H,2-14,20H2,1H3. The molecule has 21 heavy (non-hydrogen) atoms. The van der Waals surface area contributed by atoms with Crippen molar-refractivity contribution in [1.82, 2.24) is 5.43 Å². The summed E-state index contributed by atoms with van der Waals surface area (Å²) in [6.07, 6.45) is 12.7. The predicted octanol–water partition coefficient (Wildman–Crippen LogP) is 5.17. The second kappa shape index (κ2) is 10.5. The number of unbranched alkanes of at least 4 members (excludes halogenated alkanes) is 7. The van der Waals surface area contributed by atoms with Crippen molar-refractivity contribution in [3.8, 4) is 0 Å². The Morgan fingerprint density at radius 1 is 1.00 bits per heavy atom. The summed E-state index contributed by atoms with van der Waals surface area (Å²) in [5, 5.41) is 0. The van der Waals surface area contributed by atoms with Gasteiger partial charge in [-0.2, -0.15) is 0 Å². The van der Waals surface area contributed by atoms with Crippen LogP contribution in [0.4, 0.5) is 8.78 Å². The summed E-state index contributed by atoms with van der Waals surface area (Å²) in [7, 11) is 0. The van der Waals surface area contributed by atoms with Crippen LogP contribution in [-0.2, 0) is 0 Å². The average Bonchev–Trinajstić information content (AvgIpc) is 2.46. The number of hydrazine groups is 1. The van der Waals surface area contributed by atoms with Crippen LogP contribution in [0.5, 0.6) is 0 Å². The highest BCUT2D eigenvalue weighted by Gasteiger charge is 2.37.